The van der Waals surface area contributed by atoms with E-state index in [0.717, 1.165) is 31.5 Å². The number of halogens is 3. The first-order valence-corrected chi connectivity index (χ1v) is 13.0. The van der Waals surface area contributed by atoms with E-state index >= 15 is 0 Å². The van der Waals surface area contributed by atoms with Crippen LogP contribution >= 0.6 is 0 Å². The van der Waals surface area contributed by atoms with Crippen molar-refractivity contribution < 1.29 is 27.5 Å². The standard InChI is InChI=1S/C30H30F3N3O3/c1-2-21-16-17-36(19-26(21)38-25-15-9-14-24(18-25)30(31,32)33)20-27-34-28(35-39-27)29(37,22-10-5-3-6-11-22)23-12-7-4-8-13-23/h3-15,18,21,26,37H,2,16-17,19-20H2,1H3. The number of likely N-dealkylation sites (tertiary alicyclic amines) is 1. The van der Waals surface area contributed by atoms with E-state index in [1.165, 1.54) is 6.07 Å². The zero-order chi connectivity index (χ0) is 27.5. The van der Waals surface area contributed by atoms with Crippen molar-refractivity contribution in [3.05, 3.63) is 113 Å². The highest BCUT2D eigenvalue weighted by molar-refractivity contribution is 5.42. The van der Waals surface area contributed by atoms with Crippen LogP contribution in [0.4, 0.5) is 13.2 Å². The van der Waals surface area contributed by atoms with E-state index in [4.69, 9.17) is 9.26 Å². The lowest BCUT2D eigenvalue weighted by molar-refractivity contribution is -0.137. The number of nitrogens with zero attached hydrogens (tertiary/aromatic N) is 3. The van der Waals surface area contributed by atoms with Gasteiger partial charge in [0.05, 0.1) is 12.1 Å². The topological polar surface area (TPSA) is 71.6 Å². The van der Waals surface area contributed by atoms with Crippen LogP contribution in [0, 0.1) is 5.92 Å². The Morgan fingerprint density at radius 3 is 2.21 bits per heavy atom. The molecule has 0 radical (unpaired) electrons. The molecule has 9 heteroatoms. The number of piperidine rings is 1. The predicted octanol–water partition coefficient (Wildman–Crippen LogP) is 6.05. The van der Waals surface area contributed by atoms with Gasteiger partial charge in [0.15, 0.2) is 5.60 Å². The molecule has 1 aromatic heterocycles. The van der Waals surface area contributed by atoms with Crippen molar-refractivity contribution in [3.8, 4) is 5.75 Å². The van der Waals surface area contributed by atoms with Crippen molar-refractivity contribution in [1.29, 1.82) is 0 Å². The van der Waals surface area contributed by atoms with Gasteiger partial charge in [-0.25, -0.2) is 0 Å². The zero-order valence-electron chi connectivity index (χ0n) is 21.5. The fraction of sp³-hybridized carbons (Fsp3) is 0.333. The van der Waals surface area contributed by atoms with Gasteiger partial charge in [0.25, 0.3) is 0 Å². The number of aliphatic hydroxyl groups is 1. The molecule has 4 aromatic rings. The summed E-state index contributed by atoms with van der Waals surface area (Å²) in [5.41, 5.74) is -1.11. The fourth-order valence-electron chi connectivity index (χ4n) is 5.13. The van der Waals surface area contributed by atoms with Crippen molar-refractivity contribution in [2.45, 2.75) is 44.2 Å². The lowest BCUT2D eigenvalue weighted by Gasteiger charge is -2.37. The Morgan fingerprint density at radius 1 is 0.949 bits per heavy atom. The molecule has 1 aliphatic heterocycles. The molecule has 2 heterocycles. The maximum atomic E-state index is 13.2. The van der Waals surface area contributed by atoms with Crippen LogP contribution < -0.4 is 4.74 Å². The van der Waals surface area contributed by atoms with E-state index in [0.29, 0.717) is 30.1 Å². The number of ether oxygens (including phenoxy) is 1. The number of rotatable bonds is 8. The molecule has 204 valence electrons. The third-order valence-electron chi connectivity index (χ3n) is 7.29. The van der Waals surface area contributed by atoms with Crippen molar-refractivity contribution in [1.82, 2.24) is 15.0 Å². The second kappa shape index (κ2) is 11.2. The van der Waals surface area contributed by atoms with Gasteiger partial charge in [-0.3, -0.25) is 4.90 Å². The molecule has 1 N–H and O–H groups in total. The number of hydrogen-bond donors (Lipinski definition) is 1. The third kappa shape index (κ3) is 5.84. The Morgan fingerprint density at radius 2 is 1.59 bits per heavy atom. The quantitative estimate of drug-likeness (QED) is 0.295. The van der Waals surface area contributed by atoms with Crippen LogP contribution in [0.2, 0.25) is 0 Å². The molecule has 6 nitrogen and oxygen atoms in total. The highest BCUT2D eigenvalue weighted by atomic mass is 19.4. The Bertz CT molecular complexity index is 1320. The summed E-state index contributed by atoms with van der Waals surface area (Å²) in [6.07, 6.45) is -3.05. The second-order valence-corrected chi connectivity index (χ2v) is 9.83. The highest BCUT2D eigenvalue weighted by Gasteiger charge is 2.39. The molecular formula is C30H30F3N3O3. The Hall–Kier alpha value is -3.69. The maximum absolute atomic E-state index is 13.2. The van der Waals surface area contributed by atoms with Gasteiger partial charge >= 0.3 is 6.18 Å². The summed E-state index contributed by atoms with van der Waals surface area (Å²) in [5, 5.41) is 16.1. The highest BCUT2D eigenvalue weighted by Crippen LogP contribution is 2.36. The zero-order valence-corrected chi connectivity index (χ0v) is 21.5. The first-order valence-electron chi connectivity index (χ1n) is 13.0. The monoisotopic (exact) mass is 537 g/mol. The summed E-state index contributed by atoms with van der Waals surface area (Å²) in [4.78, 5) is 6.67. The van der Waals surface area contributed by atoms with E-state index in [9.17, 15) is 18.3 Å². The molecule has 3 aromatic carbocycles. The summed E-state index contributed by atoms with van der Waals surface area (Å²) < 4.78 is 51.3. The van der Waals surface area contributed by atoms with Crippen LogP contribution in [0.15, 0.2) is 89.5 Å². The summed E-state index contributed by atoms with van der Waals surface area (Å²) in [7, 11) is 0. The third-order valence-corrected chi connectivity index (χ3v) is 7.29. The van der Waals surface area contributed by atoms with Crippen LogP contribution in [-0.2, 0) is 18.3 Å². The molecular weight excluding hydrogens is 507 g/mol. The maximum Gasteiger partial charge on any atom is 0.416 e. The molecule has 2 atom stereocenters. The molecule has 0 amide bonds. The molecule has 1 fully saturated rings. The summed E-state index contributed by atoms with van der Waals surface area (Å²) >= 11 is 0. The Balaban J connectivity index is 1.34. The van der Waals surface area contributed by atoms with Crippen molar-refractivity contribution >= 4 is 0 Å². The van der Waals surface area contributed by atoms with Gasteiger partial charge in [-0.15, -0.1) is 0 Å². The molecule has 2 unspecified atom stereocenters. The minimum atomic E-state index is -4.43. The molecule has 1 aliphatic rings. The number of alkyl halides is 3. The SMILES string of the molecule is CCC1CCN(Cc2nc(C(O)(c3ccccc3)c3ccccc3)no2)CC1Oc1cccc(C(F)(F)F)c1. The van der Waals surface area contributed by atoms with Gasteiger partial charge in [0.1, 0.15) is 11.9 Å². The minimum Gasteiger partial charge on any atom is -0.489 e. The van der Waals surface area contributed by atoms with Gasteiger partial charge in [-0.2, -0.15) is 18.2 Å². The first-order chi connectivity index (χ1) is 18.8. The Kier molecular flexibility index (Phi) is 7.72. The molecule has 0 spiro atoms. The van der Waals surface area contributed by atoms with E-state index in [-0.39, 0.29) is 23.6 Å². The molecule has 5 rings (SSSR count). The predicted molar refractivity (Wildman–Crippen MR) is 139 cm³/mol. The van der Waals surface area contributed by atoms with Crippen LogP contribution in [0.5, 0.6) is 5.75 Å². The van der Waals surface area contributed by atoms with Crippen molar-refractivity contribution in [2.75, 3.05) is 13.1 Å². The molecule has 39 heavy (non-hydrogen) atoms. The summed E-state index contributed by atoms with van der Waals surface area (Å²) in [5.74, 6) is 0.874. The number of aromatic nitrogens is 2. The smallest absolute Gasteiger partial charge is 0.416 e. The average molecular weight is 538 g/mol. The van der Waals surface area contributed by atoms with Gasteiger partial charge < -0.3 is 14.4 Å². The normalized spacial score (nSPS) is 18.7. The number of hydrogen-bond acceptors (Lipinski definition) is 6. The lowest BCUT2D eigenvalue weighted by atomic mass is 9.85. The van der Waals surface area contributed by atoms with E-state index in [1.807, 2.05) is 60.7 Å². The van der Waals surface area contributed by atoms with Crippen LogP contribution in [0.25, 0.3) is 0 Å². The average Bonchev–Trinajstić information content (AvgIpc) is 3.42. The first kappa shape index (κ1) is 26.9. The minimum absolute atomic E-state index is 0.134. The van der Waals surface area contributed by atoms with E-state index in [2.05, 4.69) is 22.0 Å². The van der Waals surface area contributed by atoms with Crippen LogP contribution in [-0.4, -0.2) is 39.3 Å². The molecule has 1 saturated heterocycles. The molecule has 0 bridgehead atoms. The van der Waals surface area contributed by atoms with Gasteiger partial charge in [0, 0.05) is 6.54 Å². The van der Waals surface area contributed by atoms with Gasteiger partial charge in [-0.1, -0.05) is 78.8 Å². The molecule has 0 saturated carbocycles. The largest absolute Gasteiger partial charge is 0.489 e. The van der Waals surface area contributed by atoms with Gasteiger partial charge in [0.2, 0.25) is 11.7 Å². The molecule has 0 aliphatic carbocycles. The van der Waals surface area contributed by atoms with Crippen LogP contribution in [0.3, 0.4) is 0 Å². The summed E-state index contributed by atoms with van der Waals surface area (Å²) in [6, 6.07) is 23.4. The van der Waals surface area contributed by atoms with E-state index < -0.39 is 17.3 Å². The fourth-order valence-corrected chi connectivity index (χ4v) is 5.13. The second-order valence-electron chi connectivity index (χ2n) is 9.83. The van der Waals surface area contributed by atoms with E-state index in [1.54, 1.807) is 6.07 Å². The lowest BCUT2D eigenvalue weighted by Crippen LogP contribution is -2.46. The number of benzene rings is 3. The summed E-state index contributed by atoms with van der Waals surface area (Å²) in [6.45, 7) is 3.63. The van der Waals surface area contributed by atoms with Crippen LogP contribution in [0.1, 0.15) is 48.2 Å². The van der Waals surface area contributed by atoms with Crippen molar-refractivity contribution in [3.63, 3.8) is 0 Å². The van der Waals surface area contributed by atoms with Gasteiger partial charge in [-0.05, 0) is 54.6 Å². The van der Waals surface area contributed by atoms with Crippen molar-refractivity contribution in [2.24, 2.45) is 5.92 Å². The Labute approximate surface area is 225 Å².